The molecule has 1 fully saturated rings. The van der Waals surface area contributed by atoms with Gasteiger partial charge >= 0.3 is 0 Å². The van der Waals surface area contributed by atoms with E-state index in [4.69, 9.17) is 11.6 Å². The lowest BCUT2D eigenvalue weighted by atomic mass is 9.97. The first kappa shape index (κ1) is 18.0. The lowest BCUT2D eigenvalue weighted by molar-refractivity contribution is -0.133. The molecule has 4 heteroatoms. The monoisotopic (exact) mass is 356 g/mol. The van der Waals surface area contributed by atoms with Crippen LogP contribution in [0.5, 0.6) is 0 Å². The number of halogens is 1. The molecule has 1 aliphatic rings. The van der Waals surface area contributed by atoms with Gasteiger partial charge in [-0.25, -0.2) is 0 Å². The minimum Gasteiger partial charge on any atom is -0.340 e. The Morgan fingerprint density at radius 2 is 1.64 bits per heavy atom. The Morgan fingerprint density at radius 1 is 1.00 bits per heavy atom. The van der Waals surface area contributed by atoms with E-state index in [2.05, 4.69) is 36.1 Å². The molecule has 0 aliphatic carbocycles. The van der Waals surface area contributed by atoms with E-state index in [9.17, 15) is 4.79 Å². The van der Waals surface area contributed by atoms with Crippen molar-refractivity contribution in [3.63, 3.8) is 0 Å². The van der Waals surface area contributed by atoms with Crippen LogP contribution in [-0.4, -0.2) is 41.9 Å². The van der Waals surface area contributed by atoms with E-state index in [-0.39, 0.29) is 11.8 Å². The van der Waals surface area contributed by atoms with Gasteiger partial charge in [0.15, 0.2) is 0 Å². The topological polar surface area (TPSA) is 23.6 Å². The summed E-state index contributed by atoms with van der Waals surface area (Å²) >= 11 is 5.94. The highest BCUT2D eigenvalue weighted by Crippen LogP contribution is 2.20. The third-order valence-corrected chi connectivity index (χ3v) is 5.15. The zero-order chi connectivity index (χ0) is 17.6. The maximum Gasteiger partial charge on any atom is 0.223 e. The van der Waals surface area contributed by atoms with Crippen molar-refractivity contribution in [3.05, 3.63) is 70.7 Å². The van der Waals surface area contributed by atoms with Crippen molar-refractivity contribution in [2.45, 2.75) is 25.8 Å². The second kappa shape index (κ2) is 8.50. The van der Waals surface area contributed by atoms with E-state index in [1.54, 1.807) is 0 Å². The SMILES string of the molecule is CC(CC(=O)N1CCN(Cc2ccc(Cl)cc2)CC1)c1ccccc1. The molecule has 0 radical (unpaired) electrons. The molecule has 2 aromatic rings. The molecule has 3 rings (SSSR count). The predicted molar refractivity (Wildman–Crippen MR) is 103 cm³/mol. The van der Waals surface area contributed by atoms with Crippen LogP contribution >= 0.6 is 11.6 Å². The summed E-state index contributed by atoms with van der Waals surface area (Å²) in [7, 11) is 0. The highest BCUT2D eigenvalue weighted by molar-refractivity contribution is 6.30. The Balaban J connectivity index is 1.46. The van der Waals surface area contributed by atoms with Crippen molar-refractivity contribution >= 4 is 17.5 Å². The minimum absolute atomic E-state index is 0.265. The molecule has 1 unspecified atom stereocenters. The molecule has 132 valence electrons. The summed E-state index contributed by atoms with van der Waals surface area (Å²) in [6, 6.07) is 18.3. The van der Waals surface area contributed by atoms with Crippen LogP contribution < -0.4 is 0 Å². The summed E-state index contributed by atoms with van der Waals surface area (Å²) < 4.78 is 0. The number of carbonyl (C=O) groups is 1. The molecule has 1 amide bonds. The van der Waals surface area contributed by atoms with Crippen LogP contribution in [0.4, 0.5) is 0 Å². The van der Waals surface area contributed by atoms with Gasteiger partial charge in [-0.3, -0.25) is 9.69 Å². The van der Waals surface area contributed by atoms with Crippen LogP contribution in [0.25, 0.3) is 0 Å². The molecule has 0 spiro atoms. The number of hydrogen-bond acceptors (Lipinski definition) is 2. The number of benzene rings is 2. The average Bonchev–Trinajstić information content (AvgIpc) is 2.65. The van der Waals surface area contributed by atoms with Crippen LogP contribution in [-0.2, 0) is 11.3 Å². The summed E-state index contributed by atoms with van der Waals surface area (Å²) in [5.74, 6) is 0.531. The Morgan fingerprint density at radius 3 is 2.28 bits per heavy atom. The largest absolute Gasteiger partial charge is 0.340 e. The molecule has 1 atom stereocenters. The Bertz CT molecular complexity index is 679. The summed E-state index contributed by atoms with van der Waals surface area (Å²) in [6.45, 7) is 6.52. The average molecular weight is 357 g/mol. The molecule has 25 heavy (non-hydrogen) atoms. The molecule has 2 aromatic carbocycles. The van der Waals surface area contributed by atoms with Gasteiger partial charge in [-0.2, -0.15) is 0 Å². The number of carbonyl (C=O) groups excluding carboxylic acids is 1. The fraction of sp³-hybridized carbons (Fsp3) is 0.381. The summed E-state index contributed by atoms with van der Waals surface area (Å²) in [5.41, 5.74) is 2.50. The fourth-order valence-corrected chi connectivity index (χ4v) is 3.42. The van der Waals surface area contributed by atoms with E-state index < -0.39 is 0 Å². The second-order valence-corrected chi connectivity index (χ2v) is 7.24. The molecular weight excluding hydrogens is 332 g/mol. The van der Waals surface area contributed by atoms with Gasteiger partial charge < -0.3 is 4.90 Å². The lowest BCUT2D eigenvalue weighted by Gasteiger charge is -2.35. The number of amides is 1. The van der Waals surface area contributed by atoms with Gasteiger partial charge in [0.05, 0.1) is 0 Å². The first-order valence-corrected chi connectivity index (χ1v) is 9.29. The Hall–Kier alpha value is -1.84. The quantitative estimate of drug-likeness (QED) is 0.802. The molecule has 0 N–H and O–H groups in total. The predicted octanol–water partition coefficient (Wildman–Crippen LogP) is 4.18. The maximum atomic E-state index is 12.6. The highest BCUT2D eigenvalue weighted by atomic mass is 35.5. The molecule has 1 saturated heterocycles. The van der Waals surface area contributed by atoms with E-state index in [1.165, 1.54) is 11.1 Å². The molecule has 3 nitrogen and oxygen atoms in total. The van der Waals surface area contributed by atoms with E-state index >= 15 is 0 Å². The molecule has 1 aliphatic heterocycles. The summed E-state index contributed by atoms with van der Waals surface area (Å²) in [4.78, 5) is 17.0. The van der Waals surface area contributed by atoms with Crippen molar-refractivity contribution < 1.29 is 4.79 Å². The first-order valence-electron chi connectivity index (χ1n) is 8.91. The van der Waals surface area contributed by atoms with Gasteiger partial charge in [-0.05, 0) is 29.2 Å². The van der Waals surface area contributed by atoms with Gasteiger partial charge in [-0.1, -0.05) is 61.0 Å². The second-order valence-electron chi connectivity index (χ2n) is 6.80. The van der Waals surface area contributed by atoms with Crippen LogP contribution in [0.15, 0.2) is 54.6 Å². The van der Waals surface area contributed by atoms with Crippen molar-refractivity contribution in [3.8, 4) is 0 Å². The van der Waals surface area contributed by atoms with E-state index in [1.807, 2.05) is 35.2 Å². The van der Waals surface area contributed by atoms with E-state index in [0.29, 0.717) is 6.42 Å². The molecule has 1 heterocycles. The summed E-state index contributed by atoms with van der Waals surface area (Å²) in [6.07, 6.45) is 0.585. The smallest absolute Gasteiger partial charge is 0.223 e. The van der Waals surface area contributed by atoms with Crippen LogP contribution in [0.3, 0.4) is 0 Å². The van der Waals surface area contributed by atoms with E-state index in [0.717, 1.165) is 37.7 Å². The number of rotatable bonds is 5. The lowest BCUT2D eigenvalue weighted by Crippen LogP contribution is -2.48. The molecule has 0 saturated carbocycles. The van der Waals surface area contributed by atoms with Crippen molar-refractivity contribution in [1.29, 1.82) is 0 Å². The normalized spacial score (nSPS) is 16.6. The zero-order valence-electron chi connectivity index (χ0n) is 14.7. The van der Waals surface area contributed by atoms with Crippen molar-refractivity contribution in [2.75, 3.05) is 26.2 Å². The Kier molecular flexibility index (Phi) is 6.11. The van der Waals surface area contributed by atoms with Gasteiger partial charge in [0, 0.05) is 44.2 Å². The number of hydrogen-bond donors (Lipinski definition) is 0. The van der Waals surface area contributed by atoms with Crippen LogP contribution in [0.1, 0.15) is 30.4 Å². The number of nitrogens with zero attached hydrogens (tertiary/aromatic N) is 2. The zero-order valence-corrected chi connectivity index (χ0v) is 15.5. The van der Waals surface area contributed by atoms with Gasteiger partial charge in [0.1, 0.15) is 0 Å². The van der Waals surface area contributed by atoms with Crippen molar-refractivity contribution in [1.82, 2.24) is 9.80 Å². The number of piperazine rings is 1. The van der Waals surface area contributed by atoms with Crippen LogP contribution in [0.2, 0.25) is 5.02 Å². The molecule has 0 bridgehead atoms. The standard InChI is InChI=1S/C21H25ClN2O/c1-17(19-5-3-2-4-6-19)15-21(25)24-13-11-23(12-14-24)16-18-7-9-20(22)10-8-18/h2-10,17H,11-16H2,1H3. The van der Waals surface area contributed by atoms with Gasteiger partial charge in [0.2, 0.25) is 5.91 Å². The van der Waals surface area contributed by atoms with Gasteiger partial charge in [-0.15, -0.1) is 0 Å². The first-order chi connectivity index (χ1) is 12.1. The third kappa shape index (κ3) is 5.07. The molecular formula is C21H25ClN2O. The van der Waals surface area contributed by atoms with Gasteiger partial charge in [0.25, 0.3) is 0 Å². The van der Waals surface area contributed by atoms with Crippen molar-refractivity contribution in [2.24, 2.45) is 0 Å². The summed E-state index contributed by atoms with van der Waals surface area (Å²) in [5, 5.41) is 0.770. The maximum absolute atomic E-state index is 12.6. The third-order valence-electron chi connectivity index (χ3n) is 4.89. The fourth-order valence-electron chi connectivity index (χ4n) is 3.29. The minimum atomic E-state index is 0.265. The Labute approximate surface area is 155 Å². The van der Waals surface area contributed by atoms with Crippen LogP contribution in [0, 0.1) is 0 Å². The molecule has 0 aromatic heterocycles. The highest BCUT2D eigenvalue weighted by Gasteiger charge is 2.22.